The van der Waals surface area contributed by atoms with Gasteiger partial charge >= 0.3 is 0 Å². The van der Waals surface area contributed by atoms with Gasteiger partial charge in [0.15, 0.2) is 11.6 Å². The van der Waals surface area contributed by atoms with Crippen molar-refractivity contribution in [3.8, 4) is 67.3 Å². The molecule has 15 rings (SSSR count). The van der Waals surface area contributed by atoms with Crippen LogP contribution in [-0.4, -0.2) is 19.9 Å². The minimum atomic E-state index is 0.119. The van der Waals surface area contributed by atoms with Crippen molar-refractivity contribution in [3.05, 3.63) is 212 Å². The summed E-state index contributed by atoms with van der Waals surface area (Å²) in [5.41, 5.74) is 17.6. The summed E-state index contributed by atoms with van der Waals surface area (Å²) >= 11 is 6.55. The molecule has 10 aromatic carbocycles. The first-order valence-electron chi connectivity index (χ1n) is 23.5. The fraction of sp³-hybridized carbons (Fsp3) is 0. The summed E-state index contributed by atoms with van der Waals surface area (Å²) < 4.78 is 19.1. The minimum absolute atomic E-state index is 0.119. The van der Waals surface area contributed by atoms with E-state index in [-0.39, 0.29) is 5.28 Å². The number of benzene rings is 10. The standard InChI is InChI=1S/C63H35ClN4O3/c64-63-67-61(66-62(68-63)41-25-28-47-45-11-1-3-18-53(45)70-57(47)34-41)36-23-21-35(22-24-36)42-13-8-20-56-58(42)51-32-38(27-30-55(51)69-56)37-9-5-10-39(31-37)43-14-6-16-48-50-33-40(26-29-52(50)65-59(43)48)44-15-7-17-49-46-12-2-4-19-54(46)71-60(44)49/h1-34,65H. The smallest absolute Gasteiger partial charge is 0.226 e. The third-order valence-electron chi connectivity index (χ3n) is 14.1. The molecule has 0 spiro atoms. The van der Waals surface area contributed by atoms with Crippen molar-refractivity contribution < 1.29 is 13.3 Å². The van der Waals surface area contributed by atoms with Crippen LogP contribution in [0, 0.1) is 0 Å². The van der Waals surface area contributed by atoms with Crippen molar-refractivity contribution in [1.82, 2.24) is 19.9 Å². The number of aromatic amines is 1. The van der Waals surface area contributed by atoms with Crippen LogP contribution in [0.15, 0.2) is 220 Å². The number of furan rings is 3. The van der Waals surface area contributed by atoms with Gasteiger partial charge in [0.2, 0.25) is 5.28 Å². The number of hydrogen-bond acceptors (Lipinski definition) is 6. The molecule has 0 bridgehead atoms. The first kappa shape index (κ1) is 39.7. The maximum absolute atomic E-state index is 6.55. The lowest BCUT2D eigenvalue weighted by Crippen LogP contribution is -1.97. The molecule has 0 saturated heterocycles. The SMILES string of the molecule is Clc1nc(-c2ccc(-c3cccc4oc5ccc(-c6cccc(-c7cccc8c7[nH]c7ccc(-c9cccc%10c9oc9ccccc9%10)cc78)c6)cc5c34)cc2)nc(-c2ccc3c(c2)oc2ccccc23)n1. The molecule has 8 heteroatoms. The highest BCUT2D eigenvalue weighted by molar-refractivity contribution is 6.28. The van der Waals surface area contributed by atoms with Gasteiger partial charge in [-0.1, -0.05) is 146 Å². The molecule has 0 radical (unpaired) electrons. The average molecular weight is 931 g/mol. The van der Waals surface area contributed by atoms with Gasteiger partial charge in [0.05, 0.1) is 5.52 Å². The van der Waals surface area contributed by atoms with Crippen molar-refractivity contribution in [2.24, 2.45) is 0 Å². The number of H-pyrrole nitrogens is 1. The van der Waals surface area contributed by atoms with E-state index < -0.39 is 0 Å². The van der Waals surface area contributed by atoms with Crippen molar-refractivity contribution in [2.75, 3.05) is 0 Å². The van der Waals surface area contributed by atoms with Crippen molar-refractivity contribution >= 4 is 99.2 Å². The summed E-state index contributed by atoms with van der Waals surface area (Å²) in [5, 5.41) is 8.91. The second-order valence-electron chi connectivity index (χ2n) is 18.1. The van der Waals surface area contributed by atoms with Crippen molar-refractivity contribution in [2.45, 2.75) is 0 Å². The predicted molar refractivity (Wildman–Crippen MR) is 289 cm³/mol. The highest BCUT2D eigenvalue weighted by Crippen LogP contribution is 2.42. The van der Waals surface area contributed by atoms with Gasteiger partial charge in [-0.2, -0.15) is 9.97 Å². The van der Waals surface area contributed by atoms with Gasteiger partial charge in [0.25, 0.3) is 0 Å². The van der Waals surface area contributed by atoms with E-state index in [0.717, 1.165) is 132 Å². The van der Waals surface area contributed by atoms with Crippen LogP contribution in [0.3, 0.4) is 0 Å². The lowest BCUT2D eigenvalue weighted by Gasteiger charge is -2.09. The zero-order chi connectivity index (χ0) is 46.7. The van der Waals surface area contributed by atoms with Gasteiger partial charge in [-0.25, -0.2) is 4.98 Å². The molecule has 0 aliphatic carbocycles. The van der Waals surface area contributed by atoms with E-state index in [0.29, 0.717) is 11.6 Å². The second kappa shape index (κ2) is 15.4. The summed E-state index contributed by atoms with van der Waals surface area (Å²) in [7, 11) is 0. The van der Waals surface area contributed by atoms with E-state index in [9.17, 15) is 0 Å². The quantitative estimate of drug-likeness (QED) is 0.178. The largest absolute Gasteiger partial charge is 0.456 e. The van der Waals surface area contributed by atoms with E-state index in [1.54, 1.807) is 0 Å². The van der Waals surface area contributed by atoms with Crippen LogP contribution in [0.25, 0.3) is 155 Å². The topological polar surface area (TPSA) is 93.9 Å². The monoisotopic (exact) mass is 930 g/mol. The Morgan fingerprint density at radius 2 is 0.887 bits per heavy atom. The highest BCUT2D eigenvalue weighted by atomic mass is 35.5. The van der Waals surface area contributed by atoms with Crippen LogP contribution >= 0.6 is 11.6 Å². The number of hydrogen-bond donors (Lipinski definition) is 1. The van der Waals surface area contributed by atoms with Crippen LogP contribution in [0.4, 0.5) is 0 Å². The van der Waals surface area contributed by atoms with E-state index in [1.807, 2.05) is 72.8 Å². The molecule has 332 valence electrons. The van der Waals surface area contributed by atoms with Gasteiger partial charge in [-0.15, -0.1) is 0 Å². The zero-order valence-electron chi connectivity index (χ0n) is 37.6. The first-order chi connectivity index (χ1) is 35.0. The fourth-order valence-electron chi connectivity index (χ4n) is 10.7. The van der Waals surface area contributed by atoms with E-state index in [1.165, 1.54) is 10.8 Å². The maximum Gasteiger partial charge on any atom is 0.226 e. The third-order valence-corrected chi connectivity index (χ3v) is 14.2. The number of nitrogens with zero attached hydrogens (tertiary/aromatic N) is 3. The number of halogens is 1. The molecule has 0 amide bonds. The Bertz CT molecular complexity index is 4670. The molecule has 5 heterocycles. The molecule has 0 unspecified atom stereocenters. The second-order valence-corrected chi connectivity index (χ2v) is 18.4. The zero-order valence-corrected chi connectivity index (χ0v) is 38.3. The minimum Gasteiger partial charge on any atom is -0.456 e. The summed E-state index contributed by atoms with van der Waals surface area (Å²) in [6, 6.07) is 71.6. The van der Waals surface area contributed by atoms with E-state index >= 15 is 0 Å². The Kier molecular flexibility index (Phi) is 8.58. The molecule has 5 aromatic heterocycles. The number of rotatable bonds is 6. The first-order valence-corrected chi connectivity index (χ1v) is 23.9. The summed E-state index contributed by atoms with van der Waals surface area (Å²) in [5.74, 6) is 0.957. The van der Waals surface area contributed by atoms with Crippen LogP contribution in [-0.2, 0) is 0 Å². The molecule has 0 saturated carbocycles. The predicted octanol–water partition coefficient (Wildman–Crippen LogP) is 17.9. The Morgan fingerprint density at radius 1 is 0.324 bits per heavy atom. The highest BCUT2D eigenvalue weighted by Gasteiger charge is 2.19. The molecule has 1 N–H and O–H groups in total. The van der Waals surface area contributed by atoms with Gasteiger partial charge in [0.1, 0.15) is 33.5 Å². The van der Waals surface area contributed by atoms with Gasteiger partial charge in [-0.05, 0) is 106 Å². The molecule has 0 aliphatic heterocycles. The van der Waals surface area contributed by atoms with Crippen LogP contribution in [0.5, 0.6) is 0 Å². The molecule has 0 atom stereocenters. The van der Waals surface area contributed by atoms with Crippen molar-refractivity contribution in [3.63, 3.8) is 0 Å². The lowest BCUT2D eigenvalue weighted by atomic mass is 9.95. The van der Waals surface area contributed by atoms with Gasteiger partial charge in [0, 0.05) is 70.9 Å². The summed E-state index contributed by atoms with van der Waals surface area (Å²) in [6.07, 6.45) is 0. The Labute approximate surface area is 409 Å². The molecule has 15 aromatic rings. The van der Waals surface area contributed by atoms with E-state index in [4.69, 9.17) is 29.8 Å². The van der Waals surface area contributed by atoms with Crippen LogP contribution in [0.2, 0.25) is 5.28 Å². The molecule has 71 heavy (non-hydrogen) atoms. The molecular weight excluding hydrogens is 896 g/mol. The molecule has 7 nitrogen and oxygen atoms in total. The molecular formula is C63H35ClN4O3. The Hall–Kier alpha value is -9.30. The Balaban J connectivity index is 0.761. The fourth-order valence-corrected chi connectivity index (χ4v) is 10.9. The summed E-state index contributed by atoms with van der Waals surface area (Å²) in [4.78, 5) is 17.7. The van der Waals surface area contributed by atoms with Crippen molar-refractivity contribution in [1.29, 1.82) is 0 Å². The molecule has 0 aliphatic rings. The van der Waals surface area contributed by atoms with Crippen LogP contribution in [0.1, 0.15) is 0 Å². The number of para-hydroxylation sites is 4. The summed E-state index contributed by atoms with van der Waals surface area (Å²) in [6.45, 7) is 0. The third kappa shape index (κ3) is 6.34. The normalized spacial score (nSPS) is 12.0. The van der Waals surface area contributed by atoms with Crippen LogP contribution < -0.4 is 0 Å². The number of aromatic nitrogens is 4. The van der Waals surface area contributed by atoms with Gasteiger partial charge in [-0.3, -0.25) is 0 Å². The number of nitrogens with one attached hydrogen (secondary N) is 1. The number of fused-ring (bicyclic) bond motifs is 12. The lowest BCUT2D eigenvalue weighted by molar-refractivity contribution is 0.668. The van der Waals surface area contributed by atoms with Gasteiger partial charge < -0.3 is 18.2 Å². The maximum atomic E-state index is 6.55. The molecule has 0 fully saturated rings. The average Bonchev–Trinajstić information content (AvgIpc) is 4.20. The van der Waals surface area contributed by atoms with E-state index in [2.05, 4.69) is 148 Å². The Morgan fingerprint density at radius 3 is 1.76 bits per heavy atom.